The Bertz CT molecular complexity index is 597. The summed E-state index contributed by atoms with van der Waals surface area (Å²) in [6.45, 7) is 10.7. The first-order valence-electron chi connectivity index (χ1n) is 7.31. The van der Waals surface area contributed by atoms with E-state index in [0.29, 0.717) is 0 Å². The third-order valence-corrected chi connectivity index (χ3v) is 3.81. The molecule has 0 spiro atoms. The Balaban J connectivity index is 1.96. The zero-order chi connectivity index (χ0) is 14.5. The van der Waals surface area contributed by atoms with Gasteiger partial charge in [-0.1, -0.05) is 19.9 Å². The molecule has 2 aromatic rings. The zero-order valence-electron chi connectivity index (χ0n) is 12.5. The van der Waals surface area contributed by atoms with E-state index in [9.17, 15) is 4.79 Å². The van der Waals surface area contributed by atoms with Crippen LogP contribution in [0.2, 0.25) is 0 Å². The quantitative estimate of drug-likeness (QED) is 0.723. The number of hydrogen-bond donors (Lipinski definition) is 3. The van der Waals surface area contributed by atoms with Crippen molar-refractivity contribution in [1.29, 1.82) is 0 Å². The molecule has 20 heavy (non-hydrogen) atoms. The molecule has 0 amide bonds. The molecule has 1 aromatic carbocycles. The van der Waals surface area contributed by atoms with Gasteiger partial charge in [0.05, 0.1) is 11.0 Å². The summed E-state index contributed by atoms with van der Waals surface area (Å²) in [6.07, 6.45) is 0. The summed E-state index contributed by atoms with van der Waals surface area (Å²) in [7, 11) is 0. The van der Waals surface area contributed by atoms with E-state index in [-0.39, 0.29) is 11.7 Å². The molecule has 0 fully saturated rings. The van der Waals surface area contributed by atoms with Crippen LogP contribution in [0.25, 0.3) is 11.0 Å². The lowest BCUT2D eigenvalue weighted by Gasteiger charge is -2.20. The van der Waals surface area contributed by atoms with Gasteiger partial charge in [0, 0.05) is 19.1 Å². The van der Waals surface area contributed by atoms with Crippen molar-refractivity contribution in [2.45, 2.75) is 26.8 Å². The van der Waals surface area contributed by atoms with Crippen LogP contribution in [0.5, 0.6) is 0 Å². The lowest BCUT2D eigenvalue weighted by atomic mass is 10.1. The smallest absolute Gasteiger partial charge is 0.309 e. The highest BCUT2D eigenvalue weighted by molar-refractivity contribution is 5.75. The molecule has 2 rings (SSSR count). The molecule has 5 heteroatoms. The second-order valence-electron chi connectivity index (χ2n) is 5.09. The summed E-state index contributed by atoms with van der Waals surface area (Å²) in [4.78, 5) is 19.2. The number of benzene rings is 1. The van der Waals surface area contributed by atoms with Crippen molar-refractivity contribution < 1.29 is 0 Å². The van der Waals surface area contributed by atoms with Crippen LogP contribution in [0.3, 0.4) is 0 Å². The van der Waals surface area contributed by atoms with Gasteiger partial charge in [0.25, 0.3) is 0 Å². The van der Waals surface area contributed by atoms with Crippen LogP contribution in [-0.2, 0) is 0 Å². The molecule has 0 bridgehead atoms. The Morgan fingerprint density at radius 3 is 2.60 bits per heavy atom. The van der Waals surface area contributed by atoms with Crippen molar-refractivity contribution >= 4 is 11.0 Å². The number of rotatable bonds is 7. The number of aromatic nitrogens is 2. The molecule has 0 aliphatic heterocycles. The molecule has 1 aromatic heterocycles. The van der Waals surface area contributed by atoms with Gasteiger partial charge in [-0.3, -0.25) is 0 Å². The van der Waals surface area contributed by atoms with Crippen LogP contribution >= 0.6 is 0 Å². The molecular weight excluding hydrogens is 252 g/mol. The number of imidazole rings is 1. The number of nitrogens with zero attached hydrogens (tertiary/aromatic N) is 1. The minimum absolute atomic E-state index is 0.153. The molecule has 0 saturated carbocycles. The van der Waals surface area contributed by atoms with Crippen LogP contribution in [0.15, 0.2) is 23.0 Å². The third kappa shape index (κ3) is 3.49. The van der Waals surface area contributed by atoms with Gasteiger partial charge in [-0.05, 0) is 37.7 Å². The van der Waals surface area contributed by atoms with E-state index in [4.69, 9.17) is 0 Å². The van der Waals surface area contributed by atoms with Crippen LogP contribution in [0.1, 0.15) is 32.4 Å². The van der Waals surface area contributed by atoms with Gasteiger partial charge in [0.2, 0.25) is 0 Å². The normalized spacial score (nSPS) is 13.2. The minimum atomic E-state index is -0.153. The Kier molecular flexibility index (Phi) is 4.98. The average Bonchev–Trinajstić information content (AvgIpc) is 2.82. The largest absolute Gasteiger partial charge is 0.323 e. The van der Waals surface area contributed by atoms with Crippen molar-refractivity contribution in [3.8, 4) is 0 Å². The van der Waals surface area contributed by atoms with E-state index >= 15 is 0 Å². The lowest BCUT2D eigenvalue weighted by molar-refractivity contribution is 0.298. The topological polar surface area (TPSA) is 63.9 Å². The fourth-order valence-corrected chi connectivity index (χ4v) is 2.42. The molecule has 5 nitrogen and oxygen atoms in total. The van der Waals surface area contributed by atoms with E-state index < -0.39 is 0 Å². The van der Waals surface area contributed by atoms with Crippen molar-refractivity contribution in [3.63, 3.8) is 0 Å². The van der Waals surface area contributed by atoms with Gasteiger partial charge < -0.3 is 20.2 Å². The first kappa shape index (κ1) is 14.8. The van der Waals surface area contributed by atoms with Gasteiger partial charge in [-0.25, -0.2) is 4.79 Å². The number of likely N-dealkylation sites (N-methyl/N-ethyl adjacent to an activating group) is 1. The summed E-state index contributed by atoms with van der Waals surface area (Å²) in [5.41, 5.74) is 2.76. The maximum absolute atomic E-state index is 11.3. The Morgan fingerprint density at radius 2 is 1.90 bits per heavy atom. The number of H-pyrrole nitrogens is 2. The van der Waals surface area contributed by atoms with Gasteiger partial charge in [-0.2, -0.15) is 0 Å². The summed E-state index contributed by atoms with van der Waals surface area (Å²) in [5, 5.41) is 3.53. The van der Waals surface area contributed by atoms with E-state index in [2.05, 4.69) is 47.0 Å². The van der Waals surface area contributed by atoms with Gasteiger partial charge >= 0.3 is 5.69 Å². The van der Waals surface area contributed by atoms with Crippen molar-refractivity contribution in [1.82, 2.24) is 20.2 Å². The second-order valence-corrected chi connectivity index (χ2v) is 5.09. The molecule has 0 aliphatic rings. The fraction of sp³-hybridized carbons (Fsp3) is 0.533. The summed E-state index contributed by atoms with van der Waals surface area (Å²) in [6, 6.07) is 6.31. The molecule has 3 N–H and O–H groups in total. The molecule has 0 saturated heterocycles. The second kappa shape index (κ2) is 6.72. The van der Waals surface area contributed by atoms with E-state index in [0.717, 1.165) is 37.2 Å². The zero-order valence-corrected chi connectivity index (χ0v) is 12.5. The molecule has 1 unspecified atom stereocenters. The summed E-state index contributed by atoms with van der Waals surface area (Å²) < 4.78 is 0. The van der Waals surface area contributed by atoms with Gasteiger partial charge in [-0.15, -0.1) is 0 Å². The van der Waals surface area contributed by atoms with Crippen LogP contribution < -0.4 is 11.0 Å². The number of aromatic amines is 2. The van der Waals surface area contributed by atoms with Crippen molar-refractivity contribution in [3.05, 3.63) is 34.2 Å². The standard InChI is InChI=1S/C15H24N4O/c1-4-19(5-2)9-8-16-11(3)12-6-7-13-14(10-12)18-15(20)17-13/h6-7,10-11,16H,4-5,8-9H2,1-3H3,(H2,17,18,20). The van der Waals surface area contributed by atoms with Crippen molar-refractivity contribution in [2.75, 3.05) is 26.2 Å². The Morgan fingerprint density at radius 1 is 1.20 bits per heavy atom. The minimum Gasteiger partial charge on any atom is -0.309 e. The number of hydrogen-bond acceptors (Lipinski definition) is 3. The Hall–Kier alpha value is -1.59. The van der Waals surface area contributed by atoms with Crippen molar-refractivity contribution in [2.24, 2.45) is 0 Å². The number of fused-ring (bicyclic) bond motifs is 1. The molecular formula is C15H24N4O. The molecule has 110 valence electrons. The molecule has 0 aliphatic carbocycles. The highest BCUT2D eigenvalue weighted by Gasteiger charge is 2.07. The fourth-order valence-electron chi connectivity index (χ4n) is 2.42. The van der Waals surface area contributed by atoms with E-state index in [1.165, 1.54) is 5.56 Å². The summed E-state index contributed by atoms with van der Waals surface area (Å²) in [5.74, 6) is 0. The predicted octanol–water partition coefficient (Wildman–Crippen LogP) is 1.85. The van der Waals surface area contributed by atoms with Crippen LogP contribution in [0.4, 0.5) is 0 Å². The predicted molar refractivity (Wildman–Crippen MR) is 83.1 cm³/mol. The monoisotopic (exact) mass is 276 g/mol. The summed E-state index contributed by atoms with van der Waals surface area (Å²) >= 11 is 0. The number of nitrogens with one attached hydrogen (secondary N) is 3. The average molecular weight is 276 g/mol. The van der Waals surface area contributed by atoms with Crippen LogP contribution in [-0.4, -0.2) is 41.0 Å². The molecule has 1 heterocycles. The maximum Gasteiger partial charge on any atom is 0.323 e. The first-order chi connectivity index (χ1) is 9.63. The van der Waals surface area contributed by atoms with Gasteiger partial charge in [0.1, 0.15) is 0 Å². The van der Waals surface area contributed by atoms with Gasteiger partial charge in [0.15, 0.2) is 0 Å². The Labute approximate surface area is 119 Å². The first-order valence-corrected chi connectivity index (χ1v) is 7.31. The SMILES string of the molecule is CCN(CC)CCNC(C)c1ccc2[nH]c(=O)[nH]c2c1. The third-order valence-electron chi connectivity index (χ3n) is 3.81. The lowest BCUT2D eigenvalue weighted by Crippen LogP contribution is -2.33. The van der Waals surface area contributed by atoms with E-state index in [1.54, 1.807) is 0 Å². The molecule has 0 radical (unpaired) electrons. The highest BCUT2D eigenvalue weighted by Crippen LogP contribution is 2.16. The highest BCUT2D eigenvalue weighted by atomic mass is 16.1. The van der Waals surface area contributed by atoms with E-state index in [1.807, 2.05) is 12.1 Å². The molecule has 1 atom stereocenters. The maximum atomic E-state index is 11.3. The van der Waals surface area contributed by atoms with Crippen LogP contribution in [0, 0.1) is 0 Å².